The van der Waals surface area contributed by atoms with E-state index < -0.39 is 23.9 Å². The van der Waals surface area contributed by atoms with E-state index in [1.165, 1.54) is 0 Å². The number of benzene rings is 2. The smallest absolute Gasteiger partial charge is 0.307 e. The van der Waals surface area contributed by atoms with Gasteiger partial charge in [-0.05, 0) is 48.5 Å². The van der Waals surface area contributed by atoms with Gasteiger partial charge >= 0.3 is 5.97 Å². The van der Waals surface area contributed by atoms with Crippen molar-refractivity contribution in [3.05, 3.63) is 59.1 Å². The first-order valence-electron chi connectivity index (χ1n) is 8.50. The first-order chi connectivity index (χ1) is 13.4. The summed E-state index contributed by atoms with van der Waals surface area (Å²) in [4.78, 5) is 46.4. The highest BCUT2D eigenvalue weighted by molar-refractivity contribution is 6.30. The topological polar surface area (TPSA) is 98.8 Å². The molecule has 0 aromatic heterocycles. The average Bonchev–Trinajstić information content (AvgIpc) is 2.99. The molecule has 1 heterocycles. The number of halogens is 1. The molecule has 1 fully saturated rings. The van der Waals surface area contributed by atoms with Crippen LogP contribution in [0.4, 0.5) is 0 Å². The lowest BCUT2D eigenvalue weighted by Gasteiger charge is -2.09. The van der Waals surface area contributed by atoms with Gasteiger partial charge in [-0.2, -0.15) is 0 Å². The van der Waals surface area contributed by atoms with Gasteiger partial charge in [0.05, 0.1) is 12.8 Å². The van der Waals surface area contributed by atoms with Gasteiger partial charge in [-0.1, -0.05) is 11.6 Å². The van der Waals surface area contributed by atoms with Crippen LogP contribution in [0, 0.1) is 0 Å². The number of imide groups is 1. The van der Waals surface area contributed by atoms with Crippen LogP contribution in [0.1, 0.15) is 29.6 Å². The first kappa shape index (κ1) is 19.6. The lowest BCUT2D eigenvalue weighted by atomic mass is 10.1. The van der Waals surface area contributed by atoms with E-state index in [-0.39, 0.29) is 25.0 Å². The predicted molar refractivity (Wildman–Crippen MR) is 99.2 cm³/mol. The molecule has 2 aromatic carbocycles. The standard InChI is InChI=1S/C20H16ClNO6/c21-13-3-7-15(8-4-13)27-14-5-1-12(2-6-14)16(23)9-10-19(25)28-17-11-18(24)22-20(17)26/h1-8,17H,9-11H2,(H,22,24,26). The van der Waals surface area contributed by atoms with Crippen molar-refractivity contribution in [3.63, 3.8) is 0 Å². The molecule has 0 saturated carbocycles. The summed E-state index contributed by atoms with van der Waals surface area (Å²) in [5.41, 5.74) is 0.421. The molecular weight excluding hydrogens is 386 g/mol. The van der Waals surface area contributed by atoms with Crippen molar-refractivity contribution in [2.75, 3.05) is 0 Å². The van der Waals surface area contributed by atoms with Crippen molar-refractivity contribution in [2.24, 2.45) is 0 Å². The minimum atomic E-state index is -1.11. The maximum absolute atomic E-state index is 12.2. The number of carbonyl (C=O) groups excluding carboxylic acids is 4. The normalized spacial score (nSPS) is 15.8. The van der Waals surface area contributed by atoms with Crippen LogP contribution in [0.3, 0.4) is 0 Å². The monoisotopic (exact) mass is 401 g/mol. The number of Topliss-reactive ketones (excluding diaryl/α,β-unsaturated/α-hetero) is 1. The van der Waals surface area contributed by atoms with Crippen molar-refractivity contribution in [1.29, 1.82) is 0 Å². The second-order valence-corrected chi connectivity index (χ2v) is 6.54. The summed E-state index contributed by atoms with van der Waals surface area (Å²) < 4.78 is 10.6. The largest absolute Gasteiger partial charge is 0.457 e. The molecule has 2 amide bonds. The summed E-state index contributed by atoms with van der Waals surface area (Å²) in [6.07, 6.45) is -1.55. The Kier molecular flexibility index (Phi) is 6.06. The molecule has 3 rings (SSSR count). The van der Waals surface area contributed by atoms with Gasteiger partial charge in [0, 0.05) is 17.0 Å². The fraction of sp³-hybridized carbons (Fsp3) is 0.200. The third-order valence-electron chi connectivity index (χ3n) is 3.98. The van der Waals surface area contributed by atoms with Crippen LogP contribution in [-0.2, 0) is 19.1 Å². The zero-order valence-electron chi connectivity index (χ0n) is 14.6. The number of ketones is 1. The second-order valence-electron chi connectivity index (χ2n) is 6.10. The number of amides is 2. The second kappa shape index (κ2) is 8.67. The van der Waals surface area contributed by atoms with Gasteiger partial charge in [-0.25, -0.2) is 0 Å². The first-order valence-corrected chi connectivity index (χ1v) is 8.88. The van der Waals surface area contributed by atoms with E-state index in [1.807, 2.05) is 5.32 Å². The van der Waals surface area contributed by atoms with Gasteiger partial charge in [-0.3, -0.25) is 24.5 Å². The molecule has 8 heteroatoms. The van der Waals surface area contributed by atoms with Crippen molar-refractivity contribution in [1.82, 2.24) is 5.32 Å². The summed E-state index contributed by atoms with van der Waals surface area (Å²) in [7, 11) is 0. The van der Waals surface area contributed by atoms with Crippen molar-refractivity contribution < 1.29 is 28.7 Å². The Morgan fingerprint density at radius 3 is 2.14 bits per heavy atom. The van der Waals surface area contributed by atoms with Crippen LogP contribution >= 0.6 is 11.6 Å². The lowest BCUT2D eigenvalue weighted by Crippen LogP contribution is -2.28. The lowest BCUT2D eigenvalue weighted by molar-refractivity contribution is -0.153. The Labute approximate surface area is 165 Å². The molecule has 1 aliphatic heterocycles. The van der Waals surface area contributed by atoms with Gasteiger partial charge in [0.1, 0.15) is 11.5 Å². The number of carbonyl (C=O) groups is 4. The van der Waals surface area contributed by atoms with Crippen molar-refractivity contribution in [3.8, 4) is 11.5 Å². The van der Waals surface area contributed by atoms with E-state index in [0.29, 0.717) is 22.1 Å². The number of nitrogens with one attached hydrogen (secondary N) is 1. The Morgan fingerprint density at radius 1 is 0.964 bits per heavy atom. The summed E-state index contributed by atoms with van der Waals surface area (Å²) >= 11 is 5.82. The van der Waals surface area contributed by atoms with E-state index in [4.69, 9.17) is 21.1 Å². The summed E-state index contributed by atoms with van der Waals surface area (Å²) in [6.45, 7) is 0. The van der Waals surface area contributed by atoms with Gasteiger partial charge in [0.25, 0.3) is 5.91 Å². The molecule has 0 aliphatic carbocycles. The zero-order valence-corrected chi connectivity index (χ0v) is 15.4. The van der Waals surface area contributed by atoms with E-state index in [2.05, 4.69) is 0 Å². The number of rotatable bonds is 7. The number of hydrogen-bond donors (Lipinski definition) is 1. The molecule has 144 valence electrons. The van der Waals surface area contributed by atoms with Crippen LogP contribution in [0.2, 0.25) is 5.02 Å². The van der Waals surface area contributed by atoms with Crippen LogP contribution in [0.15, 0.2) is 48.5 Å². The van der Waals surface area contributed by atoms with Crippen LogP contribution in [0.5, 0.6) is 11.5 Å². The molecule has 7 nitrogen and oxygen atoms in total. The maximum atomic E-state index is 12.2. The van der Waals surface area contributed by atoms with E-state index in [1.54, 1.807) is 48.5 Å². The molecule has 28 heavy (non-hydrogen) atoms. The molecular formula is C20H16ClNO6. The number of esters is 1. The minimum Gasteiger partial charge on any atom is -0.457 e. The molecule has 0 spiro atoms. The molecule has 2 aromatic rings. The summed E-state index contributed by atoms with van der Waals surface area (Å²) in [6, 6.07) is 13.4. The average molecular weight is 402 g/mol. The Hall–Kier alpha value is -3.19. The third kappa shape index (κ3) is 5.17. The fourth-order valence-electron chi connectivity index (χ4n) is 2.55. The van der Waals surface area contributed by atoms with Gasteiger partial charge in [0.15, 0.2) is 11.9 Å². The number of hydrogen-bond acceptors (Lipinski definition) is 6. The molecule has 1 saturated heterocycles. The van der Waals surface area contributed by atoms with Crippen LogP contribution < -0.4 is 10.1 Å². The SMILES string of the molecule is O=C1CC(OC(=O)CCC(=O)c2ccc(Oc3ccc(Cl)cc3)cc2)C(=O)N1. The Morgan fingerprint density at radius 2 is 1.57 bits per heavy atom. The zero-order chi connectivity index (χ0) is 20.1. The third-order valence-corrected chi connectivity index (χ3v) is 4.23. The quantitative estimate of drug-likeness (QED) is 0.435. The highest BCUT2D eigenvalue weighted by Gasteiger charge is 2.33. The fourth-order valence-corrected chi connectivity index (χ4v) is 2.68. The highest BCUT2D eigenvalue weighted by atomic mass is 35.5. The summed E-state index contributed by atoms with van der Waals surface area (Å²) in [5.74, 6) is -0.913. The minimum absolute atomic E-state index is 0.0709. The summed E-state index contributed by atoms with van der Waals surface area (Å²) in [5, 5.41) is 2.65. The highest BCUT2D eigenvalue weighted by Crippen LogP contribution is 2.23. The van der Waals surface area contributed by atoms with Gasteiger partial charge in [0.2, 0.25) is 5.91 Å². The van der Waals surface area contributed by atoms with E-state index in [0.717, 1.165) is 0 Å². The predicted octanol–water partition coefficient (Wildman–Crippen LogP) is 3.05. The van der Waals surface area contributed by atoms with Gasteiger partial charge in [-0.15, -0.1) is 0 Å². The molecule has 1 N–H and O–H groups in total. The molecule has 1 aliphatic rings. The molecule has 0 radical (unpaired) electrons. The number of ether oxygens (including phenoxy) is 2. The van der Waals surface area contributed by atoms with Crippen LogP contribution in [0.25, 0.3) is 0 Å². The Bertz CT molecular complexity index is 907. The van der Waals surface area contributed by atoms with Crippen molar-refractivity contribution in [2.45, 2.75) is 25.4 Å². The van der Waals surface area contributed by atoms with Crippen molar-refractivity contribution >= 4 is 35.2 Å². The molecule has 0 bridgehead atoms. The maximum Gasteiger partial charge on any atom is 0.307 e. The van der Waals surface area contributed by atoms with Crippen LogP contribution in [-0.4, -0.2) is 29.7 Å². The van der Waals surface area contributed by atoms with E-state index >= 15 is 0 Å². The van der Waals surface area contributed by atoms with Gasteiger partial charge < -0.3 is 9.47 Å². The Balaban J connectivity index is 1.49. The van der Waals surface area contributed by atoms with E-state index in [9.17, 15) is 19.2 Å². The molecule has 1 unspecified atom stereocenters. The molecule has 1 atom stereocenters.